The lowest BCUT2D eigenvalue weighted by Crippen LogP contribution is -2.35. The molecule has 1 unspecified atom stereocenters. The van der Waals surface area contributed by atoms with Crippen molar-refractivity contribution in [1.82, 2.24) is 10.3 Å². The van der Waals surface area contributed by atoms with E-state index in [1.165, 1.54) is 11.1 Å². The number of aromatic nitrogens is 1. The number of hydrogen-bond acceptors (Lipinski definition) is 5. The molecule has 2 heterocycles. The molecule has 1 aromatic heterocycles. The number of aryl methyl sites for hydroxylation is 1. The molecule has 1 aliphatic carbocycles. The van der Waals surface area contributed by atoms with E-state index in [1.54, 1.807) is 6.07 Å². The standard InChI is InChI=1S/C17H18N2O3.C2HF3O2/c20-17-6-2-12-8-13(3-4-14(12)19-17)18-9-11-1-5-15-16(7-11)22-10-21-15;3-2(4,5)1(6)7/h1-2,5-7,13,18H,3-4,8-10H2,(H,19,20);(H,6,7). The summed E-state index contributed by atoms with van der Waals surface area (Å²) in [5.74, 6) is -1.11. The molecule has 0 saturated carbocycles. The summed E-state index contributed by atoms with van der Waals surface area (Å²) in [5.41, 5.74) is 3.52. The van der Waals surface area contributed by atoms with Crippen LogP contribution in [0, 0.1) is 0 Å². The Kier molecular flexibility index (Phi) is 6.12. The molecule has 3 N–H and O–H groups in total. The number of carboxylic acid groups (broad SMARTS) is 1. The van der Waals surface area contributed by atoms with Crippen LogP contribution in [0.2, 0.25) is 0 Å². The van der Waals surface area contributed by atoms with Gasteiger partial charge in [-0.2, -0.15) is 13.2 Å². The first kappa shape index (κ1) is 20.7. The lowest BCUT2D eigenvalue weighted by atomic mass is 9.92. The molecule has 0 fully saturated rings. The van der Waals surface area contributed by atoms with Crippen molar-refractivity contribution in [3.05, 3.63) is 57.5 Å². The molecule has 2 aromatic rings. The fourth-order valence-electron chi connectivity index (χ4n) is 3.14. The van der Waals surface area contributed by atoms with Crippen molar-refractivity contribution in [1.29, 1.82) is 0 Å². The zero-order chi connectivity index (χ0) is 21.0. The Morgan fingerprint density at radius 2 is 1.93 bits per heavy atom. The summed E-state index contributed by atoms with van der Waals surface area (Å²) in [5, 5.41) is 10.7. The van der Waals surface area contributed by atoms with Gasteiger partial charge in [0.2, 0.25) is 12.4 Å². The van der Waals surface area contributed by atoms with Gasteiger partial charge in [0, 0.05) is 24.3 Å². The van der Waals surface area contributed by atoms with E-state index in [9.17, 15) is 18.0 Å². The number of rotatable bonds is 3. The van der Waals surface area contributed by atoms with Crippen molar-refractivity contribution in [2.75, 3.05) is 6.79 Å². The Bertz CT molecular complexity index is 942. The van der Waals surface area contributed by atoms with Gasteiger partial charge in [-0.15, -0.1) is 0 Å². The maximum Gasteiger partial charge on any atom is 0.490 e. The first-order valence-corrected chi connectivity index (χ1v) is 8.85. The number of halogens is 3. The van der Waals surface area contributed by atoms with Gasteiger partial charge < -0.3 is 24.9 Å². The van der Waals surface area contributed by atoms with Gasteiger partial charge in [0.05, 0.1) is 0 Å². The van der Waals surface area contributed by atoms with E-state index in [2.05, 4.69) is 16.4 Å². The Hall–Kier alpha value is -3.01. The second kappa shape index (κ2) is 8.56. The Morgan fingerprint density at radius 3 is 2.66 bits per heavy atom. The van der Waals surface area contributed by atoms with Crippen LogP contribution in [0.5, 0.6) is 11.5 Å². The van der Waals surface area contributed by atoms with Gasteiger partial charge in [-0.1, -0.05) is 12.1 Å². The monoisotopic (exact) mass is 412 g/mol. The number of hydrogen-bond donors (Lipinski definition) is 3. The minimum atomic E-state index is -5.08. The molecule has 2 aliphatic rings. The molecule has 1 aromatic carbocycles. The number of benzene rings is 1. The summed E-state index contributed by atoms with van der Waals surface area (Å²) in [6.45, 7) is 1.11. The largest absolute Gasteiger partial charge is 0.490 e. The number of fused-ring (bicyclic) bond motifs is 2. The molecular formula is C19H19F3N2O5. The average Bonchev–Trinajstić information content (AvgIpc) is 3.14. The fourth-order valence-corrected chi connectivity index (χ4v) is 3.14. The maximum atomic E-state index is 11.3. The van der Waals surface area contributed by atoms with Crippen LogP contribution < -0.4 is 20.3 Å². The second-order valence-electron chi connectivity index (χ2n) is 6.64. The highest BCUT2D eigenvalue weighted by atomic mass is 19.4. The van der Waals surface area contributed by atoms with Crippen molar-refractivity contribution in [2.24, 2.45) is 0 Å². The van der Waals surface area contributed by atoms with Crippen LogP contribution in [-0.2, 0) is 24.2 Å². The number of H-pyrrole nitrogens is 1. The molecule has 4 rings (SSSR count). The third-order valence-electron chi connectivity index (χ3n) is 4.58. The van der Waals surface area contributed by atoms with E-state index in [0.717, 1.165) is 43.0 Å². The van der Waals surface area contributed by atoms with E-state index in [-0.39, 0.29) is 5.56 Å². The van der Waals surface area contributed by atoms with Crippen molar-refractivity contribution < 1.29 is 32.5 Å². The van der Waals surface area contributed by atoms with Crippen molar-refractivity contribution >= 4 is 5.97 Å². The predicted molar refractivity (Wildman–Crippen MR) is 96.0 cm³/mol. The van der Waals surface area contributed by atoms with Crippen molar-refractivity contribution in [3.8, 4) is 11.5 Å². The molecule has 0 amide bonds. The highest BCUT2D eigenvalue weighted by Crippen LogP contribution is 2.32. The van der Waals surface area contributed by atoms with Gasteiger partial charge in [-0.25, -0.2) is 4.79 Å². The topological polar surface area (TPSA) is 101 Å². The molecular weight excluding hydrogens is 393 g/mol. The molecule has 1 atom stereocenters. The van der Waals surface area contributed by atoms with Gasteiger partial charge in [0.1, 0.15) is 0 Å². The lowest BCUT2D eigenvalue weighted by molar-refractivity contribution is -0.192. The summed E-state index contributed by atoms with van der Waals surface area (Å²) < 4.78 is 42.5. The van der Waals surface area contributed by atoms with Crippen molar-refractivity contribution in [2.45, 2.75) is 38.0 Å². The van der Waals surface area contributed by atoms with Crippen LogP contribution in [0.4, 0.5) is 13.2 Å². The minimum Gasteiger partial charge on any atom is -0.475 e. The zero-order valence-corrected chi connectivity index (χ0v) is 15.2. The van der Waals surface area contributed by atoms with Gasteiger partial charge in [0.25, 0.3) is 0 Å². The molecule has 0 bridgehead atoms. The number of alkyl halides is 3. The summed E-state index contributed by atoms with van der Waals surface area (Å²) in [6, 6.07) is 10.0. The average molecular weight is 412 g/mol. The third kappa shape index (κ3) is 5.50. The molecule has 0 radical (unpaired) electrons. The van der Waals surface area contributed by atoms with Crippen LogP contribution in [0.3, 0.4) is 0 Å². The highest BCUT2D eigenvalue weighted by molar-refractivity contribution is 5.73. The van der Waals surface area contributed by atoms with E-state index in [0.29, 0.717) is 12.8 Å². The fraction of sp³-hybridized carbons (Fsp3) is 0.368. The molecule has 29 heavy (non-hydrogen) atoms. The van der Waals surface area contributed by atoms with Crippen molar-refractivity contribution in [3.63, 3.8) is 0 Å². The van der Waals surface area contributed by atoms with E-state index in [1.807, 2.05) is 18.2 Å². The number of carboxylic acids is 1. The molecule has 156 valence electrons. The Balaban J connectivity index is 0.000000298. The maximum absolute atomic E-state index is 11.3. The number of carbonyl (C=O) groups is 1. The van der Waals surface area contributed by atoms with Crippen LogP contribution in [0.15, 0.2) is 35.1 Å². The van der Waals surface area contributed by atoms with Gasteiger partial charge in [-0.3, -0.25) is 4.79 Å². The highest BCUT2D eigenvalue weighted by Gasteiger charge is 2.38. The van der Waals surface area contributed by atoms with Gasteiger partial charge in [-0.05, 0) is 42.5 Å². The minimum absolute atomic E-state index is 0.00878. The number of nitrogens with one attached hydrogen (secondary N) is 2. The number of aliphatic carboxylic acids is 1. The molecule has 7 nitrogen and oxygen atoms in total. The smallest absolute Gasteiger partial charge is 0.475 e. The van der Waals surface area contributed by atoms with Gasteiger partial charge in [0.15, 0.2) is 11.5 Å². The molecule has 0 spiro atoms. The quantitative estimate of drug-likeness (QED) is 0.716. The summed E-state index contributed by atoms with van der Waals surface area (Å²) >= 11 is 0. The Morgan fingerprint density at radius 1 is 1.21 bits per heavy atom. The number of ether oxygens (including phenoxy) is 2. The van der Waals surface area contributed by atoms with E-state index in [4.69, 9.17) is 19.4 Å². The predicted octanol–water partition coefficient (Wildman–Crippen LogP) is 2.38. The normalized spacial score (nSPS) is 17.1. The molecule has 1 aliphatic heterocycles. The summed E-state index contributed by atoms with van der Waals surface area (Å²) in [4.78, 5) is 23.2. The third-order valence-corrected chi connectivity index (χ3v) is 4.58. The number of pyridine rings is 1. The SMILES string of the molecule is O=C(O)C(F)(F)F.O=c1ccc2c([nH]1)CCC(NCc1ccc3c(c1)OCO3)C2. The van der Waals surface area contributed by atoms with Crippen LogP contribution in [0.1, 0.15) is 23.2 Å². The first-order chi connectivity index (χ1) is 13.7. The van der Waals surface area contributed by atoms with Gasteiger partial charge >= 0.3 is 12.1 Å². The van der Waals surface area contributed by atoms with E-state index >= 15 is 0 Å². The molecule has 0 saturated heterocycles. The summed E-state index contributed by atoms with van der Waals surface area (Å²) in [6.07, 6.45) is -2.17. The zero-order valence-electron chi connectivity index (χ0n) is 15.2. The molecule has 10 heteroatoms. The van der Waals surface area contributed by atoms with Crippen LogP contribution in [-0.4, -0.2) is 35.1 Å². The second-order valence-corrected chi connectivity index (χ2v) is 6.64. The van der Waals surface area contributed by atoms with E-state index < -0.39 is 12.1 Å². The summed E-state index contributed by atoms with van der Waals surface area (Å²) in [7, 11) is 0. The lowest BCUT2D eigenvalue weighted by Gasteiger charge is -2.25. The Labute approximate surface area is 163 Å². The first-order valence-electron chi connectivity index (χ1n) is 8.85. The number of aromatic amines is 1. The van der Waals surface area contributed by atoms with Crippen LogP contribution in [0.25, 0.3) is 0 Å². The van der Waals surface area contributed by atoms with Crippen LogP contribution >= 0.6 is 0 Å².